The lowest BCUT2D eigenvalue weighted by Crippen LogP contribution is -2.55. The minimum Gasteiger partial charge on any atom is -0.347 e. The Morgan fingerprint density at radius 2 is 1.63 bits per heavy atom. The van der Waals surface area contributed by atoms with Gasteiger partial charge in [-0.2, -0.15) is 27.1 Å². The fraction of sp³-hybridized carbons (Fsp3) is 0.650. The van der Waals surface area contributed by atoms with Gasteiger partial charge >= 0.3 is 12.1 Å². The largest absolute Gasteiger partial charge is 0.459 e. The van der Waals surface area contributed by atoms with Crippen LogP contribution in [0.4, 0.5) is 22.0 Å². The van der Waals surface area contributed by atoms with Crippen molar-refractivity contribution in [2.45, 2.75) is 57.2 Å². The van der Waals surface area contributed by atoms with Crippen LogP contribution in [0.1, 0.15) is 54.0 Å². The van der Waals surface area contributed by atoms with E-state index in [4.69, 9.17) is 0 Å². The zero-order chi connectivity index (χ0) is 21.4. The van der Waals surface area contributed by atoms with E-state index in [9.17, 15) is 26.7 Å². The van der Waals surface area contributed by atoms with Crippen LogP contribution in [0.3, 0.4) is 0 Å². The second-order valence-corrected chi connectivity index (χ2v) is 9.08. The van der Waals surface area contributed by atoms with Gasteiger partial charge in [-0.3, -0.25) is 4.79 Å². The predicted molar refractivity (Wildman–Crippen MR) is 96.0 cm³/mol. The summed E-state index contributed by atoms with van der Waals surface area (Å²) < 4.78 is 67.3. The number of halogens is 5. The van der Waals surface area contributed by atoms with E-state index in [0.29, 0.717) is 22.4 Å². The van der Waals surface area contributed by atoms with Crippen molar-refractivity contribution in [3.63, 3.8) is 0 Å². The molecule has 4 fully saturated rings. The van der Waals surface area contributed by atoms with E-state index in [1.807, 2.05) is 0 Å². The summed E-state index contributed by atoms with van der Waals surface area (Å²) >= 11 is 0. The third-order valence-electron chi connectivity index (χ3n) is 6.99. The van der Waals surface area contributed by atoms with Crippen LogP contribution in [-0.4, -0.2) is 32.7 Å². The first-order valence-electron chi connectivity index (χ1n) is 10.2. The first-order chi connectivity index (χ1) is 14.0. The second kappa shape index (κ2) is 6.37. The molecule has 4 aliphatic carbocycles. The second-order valence-electron chi connectivity index (χ2n) is 9.08. The van der Waals surface area contributed by atoms with Crippen molar-refractivity contribution >= 4 is 11.6 Å². The van der Waals surface area contributed by atoms with Crippen molar-refractivity contribution < 1.29 is 26.7 Å². The fourth-order valence-corrected chi connectivity index (χ4v) is 5.97. The maximum atomic E-state index is 14.0. The SMILES string of the molecule is Cc1cc(C(F)(F)C(F)(F)F)n2nc(C(=O)NC3C4CC5CC(C4)CC3C5)cc2n1. The summed E-state index contributed by atoms with van der Waals surface area (Å²) in [6.07, 6.45) is -0.223. The maximum Gasteiger partial charge on any atom is 0.459 e. The van der Waals surface area contributed by atoms with Gasteiger partial charge in [-0.15, -0.1) is 0 Å². The molecule has 4 aliphatic rings. The number of aryl methyl sites for hydroxylation is 1. The molecule has 2 aromatic heterocycles. The summed E-state index contributed by atoms with van der Waals surface area (Å²) in [5.41, 5.74) is -1.80. The highest BCUT2D eigenvalue weighted by Gasteiger charge is 2.60. The maximum absolute atomic E-state index is 14.0. The smallest absolute Gasteiger partial charge is 0.347 e. The van der Waals surface area contributed by atoms with E-state index in [-0.39, 0.29) is 23.1 Å². The number of carbonyl (C=O) groups excluding carboxylic acids is 1. The van der Waals surface area contributed by atoms with Crippen LogP contribution >= 0.6 is 0 Å². The zero-order valence-corrected chi connectivity index (χ0v) is 16.2. The number of hydrogen-bond acceptors (Lipinski definition) is 3. The number of aromatic nitrogens is 3. The Hall–Kier alpha value is -2.26. The highest BCUT2D eigenvalue weighted by atomic mass is 19.4. The number of alkyl halides is 5. The Labute approximate surface area is 169 Å². The molecule has 5 nitrogen and oxygen atoms in total. The number of nitrogens with one attached hydrogen (secondary N) is 1. The molecular weight excluding hydrogens is 407 g/mol. The topological polar surface area (TPSA) is 59.3 Å². The highest BCUT2D eigenvalue weighted by molar-refractivity contribution is 5.93. The van der Waals surface area contributed by atoms with E-state index < -0.39 is 23.7 Å². The third kappa shape index (κ3) is 2.98. The minimum absolute atomic E-state index is 0.000828. The van der Waals surface area contributed by atoms with Gasteiger partial charge in [-0.25, -0.2) is 9.50 Å². The Morgan fingerprint density at radius 3 is 2.20 bits per heavy atom. The molecular formula is C20H21F5N4O. The summed E-state index contributed by atoms with van der Waals surface area (Å²) in [7, 11) is 0. The van der Waals surface area contributed by atoms with Gasteiger partial charge < -0.3 is 5.32 Å². The molecule has 0 aromatic carbocycles. The average molecular weight is 428 g/mol. The van der Waals surface area contributed by atoms with Gasteiger partial charge in [-0.1, -0.05) is 0 Å². The Balaban J connectivity index is 1.45. The Bertz CT molecular complexity index is 987. The molecule has 162 valence electrons. The molecule has 0 spiro atoms. The molecule has 4 bridgehead atoms. The van der Waals surface area contributed by atoms with E-state index >= 15 is 0 Å². The third-order valence-corrected chi connectivity index (χ3v) is 6.99. The lowest BCUT2D eigenvalue weighted by molar-refractivity contribution is -0.291. The number of rotatable bonds is 3. The standard InChI is InChI=1S/C20H21F5N4O/c1-9-2-15(19(21,22)20(23,24)25)29-16(26-9)8-14(28-29)18(30)27-17-12-4-10-3-11(6-12)7-13(17)5-10/h2,8,10-13,17H,3-7H2,1H3,(H,27,30). The number of fused-ring (bicyclic) bond motifs is 1. The van der Waals surface area contributed by atoms with Crippen molar-refractivity contribution in [3.8, 4) is 0 Å². The molecule has 4 saturated carbocycles. The van der Waals surface area contributed by atoms with Gasteiger partial charge in [0.2, 0.25) is 0 Å². The first kappa shape index (κ1) is 19.7. The van der Waals surface area contributed by atoms with Crippen molar-refractivity contribution in [2.75, 3.05) is 0 Å². The number of amides is 1. The van der Waals surface area contributed by atoms with Crippen molar-refractivity contribution in [1.82, 2.24) is 19.9 Å². The number of nitrogens with zero attached hydrogens (tertiary/aromatic N) is 3. The summed E-state index contributed by atoms with van der Waals surface area (Å²) in [4.78, 5) is 16.8. The predicted octanol–water partition coefficient (Wildman–Crippen LogP) is 4.25. The molecule has 0 unspecified atom stereocenters. The van der Waals surface area contributed by atoms with Crippen LogP contribution < -0.4 is 5.32 Å². The van der Waals surface area contributed by atoms with Crippen LogP contribution in [0.15, 0.2) is 12.1 Å². The molecule has 0 saturated heterocycles. The number of carbonyl (C=O) groups is 1. The molecule has 1 amide bonds. The van der Waals surface area contributed by atoms with Gasteiger partial charge in [0.25, 0.3) is 5.91 Å². The molecule has 30 heavy (non-hydrogen) atoms. The van der Waals surface area contributed by atoms with Crippen LogP contribution in [0.5, 0.6) is 0 Å². The monoisotopic (exact) mass is 428 g/mol. The summed E-state index contributed by atoms with van der Waals surface area (Å²) in [6, 6.07) is 1.81. The molecule has 10 heteroatoms. The lowest BCUT2D eigenvalue weighted by atomic mass is 9.54. The van der Waals surface area contributed by atoms with Gasteiger partial charge in [-0.05, 0) is 68.8 Å². The lowest BCUT2D eigenvalue weighted by Gasteiger charge is -2.54. The first-order valence-corrected chi connectivity index (χ1v) is 10.2. The minimum atomic E-state index is -5.79. The Morgan fingerprint density at radius 1 is 1.03 bits per heavy atom. The Kier molecular flexibility index (Phi) is 4.18. The summed E-state index contributed by atoms with van der Waals surface area (Å²) in [5, 5.41) is 6.77. The summed E-state index contributed by atoms with van der Waals surface area (Å²) in [5.74, 6) is -3.46. The number of hydrogen-bond donors (Lipinski definition) is 1. The van der Waals surface area contributed by atoms with Crippen molar-refractivity contribution in [1.29, 1.82) is 0 Å². The van der Waals surface area contributed by atoms with Crippen molar-refractivity contribution in [2.24, 2.45) is 23.7 Å². The van der Waals surface area contributed by atoms with E-state index in [1.54, 1.807) is 0 Å². The van der Waals surface area contributed by atoms with Crippen LogP contribution in [0.25, 0.3) is 5.65 Å². The molecule has 2 heterocycles. The average Bonchev–Trinajstić information content (AvgIpc) is 3.06. The van der Waals surface area contributed by atoms with Gasteiger partial charge in [0.15, 0.2) is 11.3 Å². The van der Waals surface area contributed by atoms with Gasteiger partial charge in [0, 0.05) is 17.8 Å². The van der Waals surface area contributed by atoms with E-state index in [2.05, 4.69) is 15.4 Å². The van der Waals surface area contributed by atoms with Crippen LogP contribution in [0, 0.1) is 30.6 Å². The quantitative estimate of drug-likeness (QED) is 0.744. The van der Waals surface area contributed by atoms with Crippen molar-refractivity contribution in [3.05, 3.63) is 29.2 Å². The molecule has 0 aliphatic heterocycles. The van der Waals surface area contributed by atoms with Gasteiger partial charge in [0.1, 0.15) is 5.69 Å². The zero-order valence-electron chi connectivity index (χ0n) is 16.2. The highest BCUT2D eigenvalue weighted by Crippen LogP contribution is 2.53. The molecule has 0 radical (unpaired) electrons. The molecule has 1 N–H and O–H groups in total. The van der Waals surface area contributed by atoms with E-state index in [1.165, 1.54) is 13.3 Å². The molecule has 0 atom stereocenters. The van der Waals surface area contributed by atoms with Crippen LogP contribution in [0.2, 0.25) is 0 Å². The van der Waals surface area contributed by atoms with Gasteiger partial charge in [0.05, 0.1) is 0 Å². The fourth-order valence-electron chi connectivity index (χ4n) is 5.97. The van der Waals surface area contributed by atoms with E-state index in [0.717, 1.165) is 43.6 Å². The molecule has 6 rings (SSSR count). The normalized spacial score (nSPS) is 30.8. The van der Waals surface area contributed by atoms with Crippen LogP contribution in [-0.2, 0) is 5.92 Å². The molecule has 2 aromatic rings. The summed E-state index contributed by atoms with van der Waals surface area (Å²) in [6.45, 7) is 1.32.